The lowest BCUT2D eigenvalue weighted by Gasteiger charge is -2.39. The van der Waals surface area contributed by atoms with Gasteiger partial charge < -0.3 is 0 Å². The minimum absolute atomic E-state index is 0.135. The molecule has 0 aromatic heterocycles. The number of hydrogen-bond acceptors (Lipinski definition) is 2. The summed E-state index contributed by atoms with van der Waals surface area (Å²) < 4.78 is 0. The number of hydrogen-bond donors (Lipinski definition) is 2. The Kier molecular flexibility index (Phi) is 6.54. The zero-order valence-corrected chi connectivity index (χ0v) is 15.4. The molecular weight excluding hydrogens is 308 g/mol. The molecule has 0 saturated carbocycles. The normalized spacial score (nSPS) is 14.4. The summed E-state index contributed by atoms with van der Waals surface area (Å²) in [4.78, 5) is 12.5. The van der Waals surface area contributed by atoms with Gasteiger partial charge in [0.2, 0.25) is 0 Å². The summed E-state index contributed by atoms with van der Waals surface area (Å²) in [7, 11) is 0. The SMILES string of the molecule is C=C[C@@H](C)[C@](CCC)(NNC(=O)c1ccccc1)c1ccc(C)cc1. The number of benzene rings is 2. The van der Waals surface area contributed by atoms with Gasteiger partial charge in [-0.15, -0.1) is 6.58 Å². The summed E-state index contributed by atoms with van der Waals surface area (Å²) in [5, 5.41) is 0. The average molecular weight is 336 g/mol. The van der Waals surface area contributed by atoms with Crippen molar-refractivity contribution >= 4 is 5.91 Å². The zero-order chi connectivity index (χ0) is 18.3. The topological polar surface area (TPSA) is 41.1 Å². The highest BCUT2D eigenvalue weighted by Crippen LogP contribution is 2.35. The first-order chi connectivity index (χ1) is 12.0. The predicted molar refractivity (Wildman–Crippen MR) is 104 cm³/mol. The second-order valence-electron chi connectivity index (χ2n) is 6.56. The van der Waals surface area contributed by atoms with Crippen molar-refractivity contribution in [2.75, 3.05) is 0 Å². The molecule has 25 heavy (non-hydrogen) atoms. The lowest BCUT2D eigenvalue weighted by Crippen LogP contribution is -2.55. The third-order valence-electron chi connectivity index (χ3n) is 4.78. The van der Waals surface area contributed by atoms with Crippen LogP contribution in [0.3, 0.4) is 0 Å². The maximum absolute atomic E-state index is 12.5. The smallest absolute Gasteiger partial charge is 0.265 e. The Balaban J connectivity index is 2.31. The van der Waals surface area contributed by atoms with E-state index in [-0.39, 0.29) is 11.8 Å². The molecule has 0 spiro atoms. The molecule has 1 amide bonds. The van der Waals surface area contributed by atoms with Crippen molar-refractivity contribution in [3.05, 3.63) is 83.9 Å². The number of carbonyl (C=O) groups is 1. The Morgan fingerprint density at radius 1 is 1.16 bits per heavy atom. The molecule has 0 fully saturated rings. The maximum atomic E-state index is 12.5. The van der Waals surface area contributed by atoms with Gasteiger partial charge in [-0.1, -0.05) is 74.4 Å². The highest BCUT2D eigenvalue weighted by Gasteiger charge is 2.36. The molecule has 0 aliphatic rings. The second kappa shape index (κ2) is 8.63. The average Bonchev–Trinajstić information content (AvgIpc) is 2.65. The van der Waals surface area contributed by atoms with Crippen LogP contribution < -0.4 is 10.9 Å². The third kappa shape index (κ3) is 4.37. The van der Waals surface area contributed by atoms with E-state index < -0.39 is 5.54 Å². The predicted octanol–water partition coefficient (Wildman–Crippen LogP) is 4.75. The summed E-state index contributed by atoms with van der Waals surface area (Å²) in [6.07, 6.45) is 3.82. The van der Waals surface area contributed by atoms with E-state index in [4.69, 9.17) is 0 Å². The van der Waals surface area contributed by atoms with Crippen LogP contribution in [0.15, 0.2) is 67.3 Å². The minimum Gasteiger partial charge on any atom is -0.287 e. The van der Waals surface area contributed by atoms with E-state index in [1.165, 1.54) is 5.56 Å². The van der Waals surface area contributed by atoms with Crippen LogP contribution in [0, 0.1) is 12.8 Å². The fourth-order valence-electron chi connectivity index (χ4n) is 3.16. The quantitative estimate of drug-likeness (QED) is 0.540. The number of rotatable bonds is 8. The molecule has 0 heterocycles. The molecule has 0 radical (unpaired) electrons. The third-order valence-corrected chi connectivity index (χ3v) is 4.78. The van der Waals surface area contributed by atoms with Gasteiger partial charge in [-0.2, -0.15) is 0 Å². The van der Waals surface area contributed by atoms with Crippen molar-refractivity contribution < 1.29 is 4.79 Å². The number of carbonyl (C=O) groups excluding carboxylic acids is 1. The van der Waals surface area contributed by atoms with Crippen LogP contribution in [0.5, 0.6) is 0 Å². The first-order valence-corrected chi connectivity index (χ1v) is 8.85. The molecule has 3 heteroatoms. The molecule has 2 atom stereocenters. The molecular formula is C22H28N2O. The van der Waals surface area contributed by atoms with Gasteiger partial charge >= 0.3 is 0 Å². The highest BCUT2D eigenvalue weighted by molar-refractivity contribution is 5.93. The monoisotopic (exact) mass is 336 g/mol. The molecule has 0 saturated heterocycles. The first kappa shape index (κ1) is 18.9. The van der Waals surface area contributed by atoms with Crippen LogP contribution in [0.1, 0.15) is 48.2 Å². The van der Waals surface area contributed by atoms with Gasteiger partial charge in [0.05, 0.1) is 5.54 Å². The van der Waals surface area contributed by atoms with Crippen LogP contribution in [0.25, 0.3) is 0 Å². The summed E-state index contributed by atoms with van der Waals surface area (Å²) in [5.41, 5.74) is 8.87. The lowest BCUT2D eigenvalue weighted by atomic mass is 9.76. The van der Waals surface area contributed by atoms with Crippen LogP contribution in [0.4, 0.5) is 0 Å². The first-order valence-electron chi connectivity index (χ1n) is 8.85. The fourth-order valence-corrected chi connectivity index (χ4v) is 3.16. The summed E-state index contributed by atoms with van der Waals surface area (Å²) in [6, 6.07) is 17.7. The maximum Gasteiger partial charge on any atom is 0.265 e. The lowest BCUT2D eigenvalue weighted by molar-refractivity contribution is 0.0879. The van der Waals surface area contributed by atoms with Crippen molar-refractivity contribution in [1.82, 2.24) is 10.9 Å². The van der Waals surface area contributed by atoms with Gasteiger partial charge in [0.1, 0.15) is 0 Å². The van der Waals surface area contributed by atoms with Gasteiger partial charge in [0, 0.05) is 5.56 Å². The Morgan fingerprint density at radius 2 is 1.80 bits per heavy atom. The summed E-state index contributed by atoms with van der Waals surface area (Å²) in [6.45, 7) is 10.3. The van der Waals surface area contributed by atoms with Crippen molar-refractivity contribution in [2.45, 2.75) is 39.2 Å². The van der Waals surface area contributed by atoms with Crippen LogP contribution >= 0.6 is 0 Å². The van der Waals surface area contributed by atoms with Crippen molar-refractivity contribution in [2.24, 2.45) is 5.92 Å². The van der Waals surface area contributed by atoms with Crippen LogP contribution in [-0.4, -0.2) is 5.91 Å². The molecule has 0 aliphatic heterocycles. The van der Waals surface area contributed by atoms with Crippen molar-refractivity contribution in [1.29, 1.82) is 0 Å². The number of nitrogens with one attached hydrogen (secondary N) is 2. The van der Waals surface area contributed by atoms with Gasteiger partial charge in [-0.05, 0) is 37.0 Å². The van der Waals surface area contributed by atoms with Gasteiger partial charge in [0.25, 0.3) is 5.91 Å². The van der Waals surface area contributed by atoms with Gasteiger partial charge in [-0.25, -0.2) is 5.43 Å². The standard InChI is InChI=1S/C22H28N2O/c1-5-16-22(18(4)6-2,20-14-12-17(3)13-15-20)24-23-21(25)19-10-8-7-9-11-19/h6-15,18,24H,2,5,16H2,1,3-4H3,(H,23,25)/t18-,22+/m1/s1. The molecule has 0 aliphatic carbocycles. The van der Waals surface area contributed by atoms with Gasteiger partial charge in [-0.3, -0.25) is 10.2 Å². The molecule has 2 aromatic rings. The molecule has 3 nitrogen and oxygen atoms in total. The number of amides is 1. The van der Waals surface area contributed by atoms with E-state index in [9.17, 15) is 4.79 Å². The molecule has 132 valence electrons. The van der Waals surface area contributed by atoms with E-state index >= 15 is 0 Å². The Bertz CT molecular complexity index is 694. The number of aryl methyl sites for hydroxylation is 1. The molecule has 2 N–H and O–H groups in total. The van der Waals surface area contributed by atoms with E-state index in [1.54, 1.807) is 12.1 Å². The number of hydrazine groups is 1. The fraction of sp³-hybridized carbons (Fsp3) is 0.318. The van der Waals surface area contributed by atoms with E-state index in [0.717, 1.165) is 18.4 Å². The Morgan fingerprint density at radius 3 is 2.36 bits per heavy atom. The van der Waals surface area contributed by atoms with Crippen molar-refractivity contribution in [3.63, 3.8) is 0 Å². The Hall–Kier alpha value is -2.39. The van der Waals surface area contributed by atoms with E-state index in [1.807, 2.05) is 24.3 Å². The molecule has 0 unspecified atom stereocenters. The molecule has 2 aromatic carbocycles. The van der Waals surface area contributed by atoms with E-state index in [2.05, 4.69) is 62.5 Å². The molecule has 0 bridgehead atoms. The van der Waals surface area contributed by atoms with Gasteiger partial charge in [0.15, 0.2) is 0 Å². The van der Waals surface area contributed by atoms with Crippen LogP contribution in [-0.2, 0) is 5.54 Å². The summed E-state index contributed by atoms with van der Waals surface area (Å²) >= 11 is 0. The molecule has 2 rings (SSSR count). The Labute approximate surface area is 151 Å². The summed E-state index contributed by atoms with van der Waals surface area (Å²) in [5.74, 6) is 0.00989. The van der Waals surface area contributed by atoms with Crippen molar-refractivity contribution in [3.8, 4) is 0 Å². The largest absolute Gasteiger partial charge is 0.287 e. The van der Waals surface area contributed by atoms with Crippen LogP contribution in [0.2, 0.25) is 0 Å². The van der Waals surface area contributed by atoms with E-state index in [0.29, 0.717) is 5.56 Å². The highest BCUT2D eigenvalue weighted by atomic mass is 16.2. The minimum atomic E-state index is -0.394. The zero-order valence-electron chi connectivity index (χ0n) is 15.4. The second-order valence-corrected chi connectivity index (χ2v) is 6.56.